The van der Waals surface area contributed by atoms with Gasteiger partial charge in [-0.25, -0.2) is 0 Å². The fourth-order valence-corrected chi connectivity index (χ4v) is 5.85. The molecule has 2 aromatic rings. The van der Waals surface area contributed by atoms with Crippen LogP contribution in [-0.4, -0.2) is 28.8 Å². The maximum atomic E-state index is 6.30. The van der Waals surface area contributed by atoms with Crippen LogP contribution in [0.5, 0.6) is 0 Å². The highest BCUT2D eigenvalue weighted by atomic mass is 32.2. The lowest BCUT2D eigenvalue weighted by Crippen LogP contribution is -2.28. The zero-order valence-electron chi connectivity index (χ0n) is 14.5. The van der Waals surface area contributed by atoms with Crippen LogP contribution >= 0.6 is 23.5 Å². The summed E-state index contributed by atoms with van der Waals surface area (Å²) in [7, 11) is 0. The molecule has 0 bridgehead atoms. The standard InChI is InChI=1S/C21H26O2S2/c1-3-8-18(9-4-1)16-22-13-12-20(21-24-14-7-15-25-21)23-17-19-10-5-2-6-11-19/h1-6,8-11,20-21H,7,12-17H2. The summed E-state index contributed by atoms with van der Waals surface area (Å²) >= 11 is 4.09. The zero-order valence-corrected chi connectivity index (χ0v) is 16.1. The predicted octanol–water partition coefficient (Wildman–Crippen LogP) is 5.37. The van der Waals surface area contributed by atoms with Crippen molar-refractivity contribution in [3.63, 3.8) is 0 Å². The highest BCUT2D eigenvalue weighted by Gasteiger charge is 2.25. The smallest absolute Gasteiger partial charge is 0.0811 e. The van der Waals surface area contributed by atoms with E-state index in [1.807, 2.05) is 35.7 Å². The van der Waals surface area contributed by atoms with Crippen LogP contribution in [0.3, 0.4) is 0 Å². The molecule has 3 rings (SSSR count). The maximum absolute atomic E-state index is 6.30. The van der Waals surface area contributed by atoms with E-state index in [4.69, 9.17) is 9.47 Å². The summed E-state index contributed by atoms with van der Waals surface area (Å²) in [5.41, 5.74) is 2.47. The molecule has 0 aliphatic carbocycles. The van der Waals surface area contributed by atoms with Crippen molar-refractivity contribution < 1.29 is 9.47 Å². The van der Waals surface area contributed by atoms with E-state index in [1.54, 1.807) is 0 Å². The molecule has 1 aliphatic heterocycles. The third-order valence-electron chi connectivity index (χ3n) is 4.12. The van der Waals surface area contributed by atoms with Crippen LogP contribution in [0.1, 0.15) is 24.0 Å². The van der Waals surface area contributed by atoms with Crippen molar-refractivity contribution in [2.24, 2.45) is 0 Å². The molecule has 25 heavy (non-hydrogen) atoms. The van der Waals surface area contributed by atoms with Gasteiger partial charge in [-0.1, -0.05) is 60.7 Å². The van der Waals surface area contributed by atoms with Gasteiger partial charge < -0.3 is 9.47 Å². The molecule has 1 heterocycles. The molecule has 2 nitrogen and oxygen atoms in total. The average Bonchev–Trinajstić information content (AvgIpc) is 2.70. The Morgan fingerprint density at radius 1 is 0.840 bits per heavy atom. The lowest BCUT2D eigenvalue weighted by Gasteiger charge is -2.29. The Labute approximate surface area is 159 Å². The number of hydrogen-bond acceptors (Lipinski definition) is 4. The van der Waals surface area contributed by atoms with E-state index < -0.39 is 0 Å². The van der Waals surface area contributed by atoms with Crippen molar-refractivity contribution in [3.05, 3.63) is 71.8 Å². The molecule has 1 aliphatic rings. The molecule has 4 heteroatoms. The third kappa shape index (κ3) is 6.70. The Kier molecular flexibility index (Phi) is 8.23. The van der Waals surface area contributed by atoms with Crippen LogP contribution in [-0.2, 0) is 22.7 Å². The Balaban J connectivity index is 1.47. The Hall–Kier alpha value is -0.940. The van der Waals surface area contributed by atoms with Gasteiger partial charge in [-0.3, -0.25) is 0 Å². The SMILES string of the molecule is c1ccc(COCCC(OCc2ccccc2)C2SCCCS2)cc1. The lowest BCUT2D eigenvalue weighted by molar-refractivity contribution is 0.0175. The monoisotopic (exact) mass is 374 g/mol. The molecular weight excluding hydrogens is 348 g/mol. The van der Waals surface area contributed by atoms with E-state index in [0.717, 1.165) is 13.0 Å². The summed E-state index contributed by atoms with van der Waals surface area (Å²) < 4.78 is 12.7. The Bertz CT molecular complexity index is 585. The van der Waals surface area contributed by atoms with Gasteiger partial charge in [0, 0.05) is 6.61 Å². The number of ether oxygens (including phenoxy) is 2. The van der Waals surface area contributed by atoms with Gasteiger partial charge in [-0.15, -0.1) is 23.5 Å². The highest BCUT2D eigenvalue weighted by molar-refractivity contribution is 8.17. The van der Waals surface area contributed by atoms with E-state index in [0.29, 0.717) is 17.8 Å². The minimum atomic E-state index is 0.242. The highest BCUT2D eigenvalue weighted by Crippen LogP contribution is 2.35. The number of thioether (sulfide) groups is 2. The molecule has 0 spiro atoms. The summed E-state index contributed by atoms with van der Waals surface area (Å²) in [6, 6.07) is 20.8. The van der Waals surface area contributed by atoms with Crippen molar-refractivity contribution in [3.8, 4) is 0 Å². The van der Waals surface area contributed by atoms with Gasteiger partial charge in [0.15, 0.2) is 0 Å². The van der Waals surface area contributed by atoms with E-state index in [2.05, 4.69) is 48.5 Å². The Morgan fingerprint density at radius 2 is 1.44 bits per heavy atom. The largest absolute Gasteiger partial charge is 0.377 e. The minimum Gasteiger partial charge on any atom is -0.377 e. The van der Waals surface area contributed by atoms with Crippen molar-refractivity contribution >= 4 is 23.5 Å². The van der Waals surface area contributed by atoms with Gasteiger partial charge in [0.05, 0.1) is 23.9 Å². The molecule has 1 fully saturated rings. The molecule has 0 aromatic heterocycles. The van der Waals surface area contributed by atoms with E-state index in [-0.39, 0.29) is 6.10 Å². The van der Waals surface area contributed by atoms with Crippen molar-refractivity contribution in [1.29, 1.82) is 0 Å². The number of hydrogen-bond donors (Lipinski definition) is 0. The molecule has 1 atom stereocenters. The minimum absolute atomic E-state index is 0.242. The van der Waals surface area contributed by atoms with E-state index in [1.165, 1.54) is 29.1 Å². The van der Waals surface area contributed by atoms with Gasteiger partial charge in [0.1, 0.15) is 0 Å². The van der Waals surface area contributed by atoms with Gasteiger partial charge in [0.2, 0.25) is 0 Å². The van der Waals surface area contributed by atoms with Gasteiger partial charge >= 0.3 is 0 Å². The van der Waals surface area contributed by atoms with Crippen LogP contribution in [0.2, 0.25) is 0 Å². The summed E-state index contributed by atoms with van der Waals surface area (Å²) in [5.74, 6) is 2.49. The summed E-state index contributed by atoms with van der Waals surface area (Å²) in [6.07, 6.45) is 2.50. The number of rotatable bonds is 9. The molecule has 2 aromatic carbocycles. The topological polar surface area (TPSA) is 18.5 Å². The number of benzene rings is 2. The van der Waals surface area contributed by atoms with Crippen LogP contribution in [0, 0.1) is 0 Å². The molecule has 0 amide bonds. The molecule has 1 saturated heterocycles. The van der Waals surface area contributed by atoms with Crippen molar-refractivity contribution in [2.45, 2.75) is 36.7 Å². The fourth-order valence-electron chi connectivity index (χ4n) is 2.76. The quantitative estimate of drug-likeness (QED) is 0.549. The lowest BCUT2D eigenvalue weighted by atomic mass is 10.2. The Morgan fingerprint density at radius 3 is 2.08 bits per heavy atom. The summed E-state index contributed by atoms with van der Waals surface area (Å²) in [4.78, 5) is 0. The second-order valence-electron chi connectivity index (χ2n) is 6.13. The average molecular weight is 375 g/mol. The van der Waals surface area contributed by atoms with Crippen LogP contribution in [0.25, 0.3) is 0 Å². The molecule has 134 valence electrons. The molecule has 0 saturated carbocycles. The zero-order chi connectivity index (χ0) is 17.2. The van der Waals surface area contributed by atoms with Crippen LogP contribution in [0.15, 0.2) is 60.7 Å². The van der Waals surface area contributed by atoms with E-state index in [9.17, 15) is 0 Å². The van der Waals surface area contributed by atoms with Gasteiger partial charge in [-0.05, 0) is 35.5 Å². The normalized spacial score (nSPS) is 16.6. The van der Waals surface area contributed by atoms with E-state index >= 15 is 0 Å². The van der Waals surface area contributed by atoms with Gasteiger partial charge in [0.25, 0.3) is 0 Å². The van der Waals surface area contributed by atoms with Crippen molar-refractivity contribution in [2.75, 3.05) is 18.1 Å². The first kappa shape index (κ1) is 18.8. The molecule has 0 radical (unpaired) electrons. The summed E-state index contributed by atoms with van der Waals surface area (Å²) in [6.45, 7) is 2.10. The van der Waals surface area contributed by atoms with Gasteiger partial charge in [-0.2, -0.15) is 0 Å². The summed E-state index contributed by atoms with van der Waals surface area (Å²) in [5, 5.41) is 0. The first-order valence-electron chi connectivity index (χ1n) is 8.92. The second kappa shape index (κ2) is 10.9. The molecular formula is C21H26O2S2. The predicted molar refractivity (Wildman–Crippen MR) is 109 cm³/mol. The van der Waals surface area contributed by atoms with Crippen LogP contribution in [0.4, 0.5) is 0 Å². The van der Waals surface area contributed by atoms with Crippen LogP contribution < -0.4 is 0 Å². The van der Waals surface area contributed by atoms with Crippen molar-refractivity contribution in [1.82, 2.24) is 0 Å². The first-order chi connectivity index (χ1) is 12.4. The molecule has 1 unspecified atom stereocenters. The fraction of sp³-hybridized carbons (Fsp3) is 0.429. The molecule has 0 N–H and O–H groups in total. The maximum Gasteiger partial charge on any atom is 0.0811 e. The second-order valence-corrected chi connectivity index (χ2v) is 8.92. The first-order valence-corrected chi connectivity index (χ1v) is 11.0. The third-order valence-corrected chi connectivity index (χ3v) is 7.25.